The first-order valence-corrected chi connectivity index (χ1v) is 10.3. The number of nitrogens with zero attached hydrogens (tertiary/aromatic N) is 1. The molecule has 0 saturated carbocycles. The van der Waals surface area contributed by atoms with Crippen LogP contribution in [0.4, 0.5) is 0 Å². The van der Waals surface area contributed by atoms with Crippen LogP contribution >= 0.6 is 0 Å². The summed E-state index contributed by atoms with van der Waals surface area (Å²) in [5.41, 5.74) is 7.57. The summed E-state index contributed by atoms with van der Waals surface area (Å²) < 4.78 is 2.12. The van der Waals surface area contributed by atoms with E-state index in [1.54, 1.807) is 12.1 Å². The van der Waals surface area contributed by atoms with Crippen molar-refractivity contribution in [1.82, 2.24) is 0 Å². The molecule has 0 fully saturated rings. The first-order valence-electron chi connectivity index (χ1n) is 10.3. The van der Waals surface area contributed by atoms with Crippen LogP contribution in [0, 0.1) is 0 Å². The molecule has 0 saturated heterocycles. The van der Waals surface area contributed by atoms with Crippen LogP contribution in [0.3, 0.4) is 0 Å². The van der Waals surface area contributed by atoms with Crippen LogP contribution in [0.15, 0.2) is 128 Å². The van der Waals surface area contributed by atoms with Crippen LogP contribution in [-0.4, -0.2) is 0 Å². The molecule has 148 valence electrons. The van der Waals surface area contributed by atoms with Crippen molar-refractivity contribution in [1.29, 1.82) is 0 Å². The smallest absolute Gasteiger partial charge is 0.226 e. The van der Waals surface area contributed by atoms with Gasteiger partial charge < -0.3 is 5.11 Å². The Balaban J connectivity index is 1.91. The van der Waals surface area contributed by atoms with Gasteiger partial charge in [0.1, 0.15) is 0 Å². The lowest BCUT2D eigenvalue weighted by Crippen LogP contribution is -2.34. The molecule has 0 aliphatic rings. The van der Waals surface area contributed by atoms with Crippen molar-refractivity contribution in [2.75, 3.05) is 0 Å². The second-order valence-electron chi connectivity index (χ2n) is 7.42. The molecule has 0 N–H and O–H groups in total. The Labute approximate surface area is 182 Å². The summed E-state index contributed by atoms with van der Waals surface area (Å²) in [5.74, 6) is -0.00240. The van der Waals surface area contributed by atoms with Gasteiger partial charge in [-0.25, -0.2) is 0 Å². The van der Waals surface area contributed by atoms with E-state index in [1.165, 1.54) is 0 Å². The van der Waals surface area contributed by atoms with E-state index in [-0.39, 0.29) is 5.75 Å². The third-order valence-corrected chi connectivity index (χ3v) is 5.43. The summed E-state index contributed by atoms with van der Waals surface area (Å²) in [5, 5.41) is 12.1. The van der Waals surface area contributed by atoms with E-state index in [0.717, 1.165) is 39.2 Å². The second kappa shape index (κ2) is 8.29. The summed E-state index contributed by atoms with van der Waals surface area (Å²) in [4.78, 5) is 0. The molecule has 31 heavy (non-hydrogen) atoms. The molecule has 2 heteroatoms. The third-order valence-electron chi connectivity index (χ3n) is 5.43. The highest BCUT2D eigenvalue weighted by atomic mass is 16.3. The van der Waals surface area contributed by atoms with Crippen molar-refractivity contribution >= 4 is 0 Å². The first kappa shape index (κ1) is 18.8. The summed E-state index contributed by atoms with van der Waals surface area (Å²) in [6.45, 7) is 0. The molecule has 0 amide bonds. The Morgan fingerprint density at radius 2 is 1.10 bits per heavy atom. The summed E-state index contributed by atoms with van der Waals surface area (Å²) >= 11 is 0. The van der Waals surface area contributed by atoms with Gasteiger partial charge in [0.15, 0.2) is 6.20 Å². The SMILES string of the molecule is [O-]c1cccc(-[n+]2ccc(-c3ccccc3)c(-c3ccccc3)c2-c2ccccc2)c1. The second-order valence-corrected chi connectivity index (χ2v) is 7.42. The molecular formula is C29H21NO. The average Bonchev–Trinajstić information content (AvgIpc) is 2.85. The van der Waals surface area contributed by atoms with Crippen LogP contribution < -0.4 is 9.67 Å². The van der Waals surface area contributed by atoms with E-state index in [1.807, 2.05) is 42.5 Å². The van der Waals surface area contributed by atoms with Crippen molar-refractivity contribution in [2.24, 2.45) is 0 Å². The standard InChI is InChI=1S/C29H21NO/c31-26-18-10-17-25(21-26)30-20-19-27(22-11-4-1-5-12-22)28(23-13-6-2-7-14-23)29(30)24-15-8-3-9-16-24/h1-21H. The summed E-state index contributed by atoms with van der Waals surface area (Å²) in [7, 11) is 0. The molecule has 0 aliphatic heterocycles. The molecular weight excluding hydrogens is 378 g/mol. The molecule has 0 aliphatic carbocycles. The van der Waals surface area contributed by atoms with Crippen molar-refractivity contribution < 1.29 is 9.67 Å². The lowest BCUT2D eigenvalue weighted by molar-refractivity contribution is -0.583. The fourth-order valence-corrected chi connectivity index (χ4v) is 4.04. The number of benzene rings is 4. The highest BCUT2D eigenvalue weighted by Crippen LogP contribution is 2.38. The van der Waals surface area contributed by atoms with E-state index in [2.05, 4.69) is 77.5 Å². The molecule has 1 aromatic heterocycles. The van der Waals surface area contributed by atoms with Crippen LogP contribution in [0.5, 0.6) is 5.75 Å². The van der Waals surface area contributed by atoms with Crippen molar-refractivity contribution in [2.45, 2.75) is 0 Å². The molecule has 0 unspecified atom stereocenters. The van der Waals surface area contributed by atoms with Gasteiger partial charge in [0, 0.05) is 29.3 Å². The zero-order valence-corrected chi connectivity index (χ0v) is 17.0. The van der Waals surface area contributed by atoms with Crippen molar-refractivity contribution in [3.63, 3.8) is 0 Å². The summed E-state index contributed by atoms with van der Waals surface area (Å²) in [6, 6.07) is 40.4. The molecule has 0 radical (unpaired) electrons. The molecule has 2 nitrogen and oxygen atoms in total. The normalized spacial score (nSPS) is 10.7. The van der Waals surface area contributed by atoms with Gasteiger partial charge in [-0.05, 0) is 23.3 Å². The van der Waals surface area contributed by atoms with E-state index in [4.69, 9.17) is 0 Å². The molecule has 5 aromatic rings. The molecule has 5 rings (SSSR count). The Morgan fingerprint density at radius 1 is 0.516 bits per heavy atom. The molecule has 0 spiro atoms. The van der Waals surface area contributed by atoms with Gasteiger partial charge in [-0.2, -0.15) is 4.57 Å². The number of hydrogen-bond acceptors (Lipinski definition) is 1. The van der Waals surface area contributed by atoms with Gasteiger partial charge in [0.05, 0.1) is 5.56 Å². The van der Waals surface area contributed by atoms with Crippen LogP contribution in [-0.2, 0) is 0 Å². The molecule has 0 bridgehead atoms. The highest BCUT2D eigenvalue weighted by Gasteiger charge is 2.25. The number of aromatic nitrogens is 1. The zero-order chi connectivity index (χ0) is 21.0. The van der Waals surface area contributed by atoms with Gasteiger partial charge in [-0.15, -0.1) is 5.75 Å². The van der Waals surface area contributed by atoms with Gasteiger partial charge in [0.25, 0.3) is 0 Å². The third kappa shape index (κ3) is 3.72. The van der Waals surface area contributed by atoms with Crippen LogP contribution in [0.25, 0.3) is 39.2 Å². The van der Waals surface area contributed by atoms with Gasteiger partial charge in [-0.1, -0.05) is 91.0 Å². The lowest BCUT2D eigenvalue weighted by Gasteiger charge is -2.16. The maximum Gasteiger partial charge on any atom is 0.226 e. The highest BCUT2D eigenvalue weighted by molar-refractivity contribution is 5.91. The average molecular weight is 399 g/mol. The number of pyridine rings is 1. The fourth-order valence-electron chi connectivity index (χ4n) is 4.04. The molecule has 1 heterocycles. The van der Waals surface area contributed by atoms with E-state index in [0.29, 0.717) is 0 Å². The predicted molar refractivity (Wildman–Crippen MR) is 124 cm³/mol. The first-order chi connectivity index (χ1) is 15.3. The maximum atomic E-state index is 12.1. The Hall–Kier alpha value is -4.17. The van der Waals surface area contributed by atoms with E-state index < -0.39 is 0 Å². The molecule has 4 aromatic carbocycles. The quantitative estimate of drug-likeness (QED) is 0.339. The largest absolute Gasteiger partial charge is 0.872 e. The topological polar surface area (TPSA) is 26.9 Å². The van der Waals surface area contributed by atoms with Crippen LogP contribution in [0.1, 0.15) is 0 Å². The van der Waals surface area contributed by atoms with Crippen molar-refractivity contribution in [3.05, 3.63) is 128 Å². The van der Waals surface area contributed by atoms with Gasteiger partial charge >= 0.3 is 0 Å². The van der Waals surface area contributed by atoms with Gasteiger partial charge in [-0.3, -0.25) is 0 Å². The lowest BCUT2D eigenvalue weighted by atomic mass is 9.90. The minimum Gasteiger partial charge on any atom is -0.872 e. The van der Waals surface area contributed by atoms with E-state index in [9.17, 15) is 5.11 Å². The predicted octanol–water partition coefficient (Wildman–Crippen LogP) is 6.04. The zero-order valence-electron chi connectivity index (χ0n) is 17.0. The number of hydrogen-bond donors (Lipinski definition) is 0. The minimum absolute atomic E-state index is 0.00240. The maximum absolute atomic E-state index is 12.1. The van der Waals surface area contributed by atoms with Crippen molar-refractivity contribution in [3.8, 4) is 44.9 Å². The Kier molecular flexibility index (Phi) is 5.04. The molecule has 0 atom stereocenters. The monoisotopic (exact) mass is 399 g/mol. The Morgan fingerprint density at radius 3 is 1.71 bits per heavy atom. The minimum atomic E-state index is -0.00240. The van der Waals surface area contributed by atoms with Gasteiger partial charge in [0.2, 0.25) is 11.4 Å². The van der Waals surface area contributed by atoms with Crippen LogP contribution in [0.2, 0.25) is 0 Å². The fraction of sp³-hybridized carbons (Fsp3) is 0. The Bertz CT molecular complexity index is 1310. The van der Waals surface area contributed by atoms with E-state index >= 15 is 0 Å². The number of rotatable bonds is 4. The summed E-state index contributed by atoms with van der Waals surface area (Å²) in [6.07, 6.45) is 2.06.